The number of hydrogen-bond donors (Lipinski definition) is 1. The van der Waals surface area contributed by atoms with E-state index in [1.165, 1.54) is 0 Å². The number of tetrazole rings is 1. The summed E-state index contributed by atoms with van der Waals surface area (Å²) in [4.78, 5) is 15.1. The molecule has 146 valence electrons. The van der Waals surface area contributed by atoms with E-state index in [9.17, 15) is 4.79 Å². The molecule has 1 fully saturated rings. The second-order valence-corrected chi connectivity index (χ2v) is 7.06. The molecule has 0 saturated carbocycles. The number of piperidine rings is 1. The highest BCUT2D eigenvalue weighted by molar-refractivity contribution is 5.93. The Labute approximate surface area is 163 Å². The average Bonchev–Trinajstić information content (AvgIpc) is 3.43. The van der Waals surface area contributed by atoms with Crippen LogP contribution in [-0.4, -0.2) is 60.4 Å². The molecule has 1 unspecified atom stereocenters. The minimum absolute atomic E-state index is 0.00939. The van der Waals surface area contributed by atoms with Gasteiger partial charge in [-0.1, -0.05) is 6.07 Å². The van der Waals surface area contributed by atoms with Gasteiger partial charge in [0.05, 0.1) is 11.6 Å². The van der Waals surface area contributed by atoms with Crippen molar-refractivity contribution in [3.63, 3.8) is 0 Å². The van der Waals surface area contributed by atoms with Crippen LogP contribution in [0.3, 0.4) is 0 Å². The van der Waals surface area contributed by atoms with E-state index in [1.54, 1.807) is 21.9 Å². The monoisotopic (exact) mass is 380 g/mol. The van der Waals surface area contributed by atoms with Gasteiger partial charge < -0.3 is 10.2 Å². The lowest BCUT2D eigenvalue weighted by Gasteiger charge is -2.32. The molecule has 0 aliphatic carbocycles. The summed E-state index contributed by atoms with van der Waals surface area (Å²) < 4.78 is 3.52. The van der Waals surface area contributed by atoms with Crippen molar-refractivity contribution < 1.29 is 4.79 Å². The van der Waals surface area contributed by atoms with Crippen molar-refractivity contribution in [3.05, 3.63) is 49.1 Å². The number of amides is 1. The van der Waals surface area contributed by atoms with E-state index in [1.807, 2.05) is 36.5 Å². The number of anilines is 1. The van der Waals surface area contributed by atoms with E-state index in [0.29, 0.717) is 0 Å². The minimum atomic E-state index is 0.00939. The summed E-state index contributed by atoms with van der Waals surface area (Å²) in [5.41, 5.74) is 1.73. The lowest BCUT2D eigenvalue weighted by Crippen LogP contribution is -2.41. The molecule has 1 aliphatic rings. The largest absolute Gasteiger partial charge is 0.326 e. The summed E-state index contributed by atoms with van der Waals surface area (Å²) in [6, 6.07) is 9.63. The van der Waals surface area contributed by atoms with Gasteiger partial charge in [-0.3, -0.25) is 4.79 Å². The molecule has 9 heteroatoms. The molecule has 1 aromatic carbocycles. The fourth-order valence-electron chi connectivity index (χ4n) is 3.60. The number of hydrogen-bond acceptors (Lipinski definition) is 6. The molecular formula is C19H24N8O. The van der Waals surface area contributed by atoms with Gasteiger partial charge in [0.25, 0.3) is 0 Å². The summed E-state index contributed by atoms with van der Waals surface area (Å²) in [7, 11) is 0. The zero-order chi connectivity index (χ0) is 19.2. The number of carbonyl (C=O) groups excluding carboxylic acids is 1. The number of likely N-dealkylation sites (tertiary alicyclic amines) is 1. The molecule has 1 saturated heterocycles. The Balaban J connectivity index is 1.30. The van der Waals surface area contributed by atoms with E-state index in [4.69, 9.17) is 0 Å². The van der Waals surface area contributed by atoms with Crippen LogP contribution in [0.25, 0.3) is 5.69 Å². The van der Waals surface area contributed by atoms with Gasteiger partial charge in [0, 0.05) is 31.2 Å². The first-order valence-electron chi connectivity index (χ1n) is 9.62. The molecule has 0 bridgehead atoms. The number of nitrogens with one attached hydrogen (secondary N) is 1. The quantitative estimate of drug-likeness (QED) is 0.669. The molecule has 1 amide bonds. The summed E-state index contributed by atoms with van der Waals surface area (Å²) >= 11 is 0. The zero-order valence-corrected chi connectivity index (χ0v) is 15.7. The average molecular weight is 380 g/mol. The van der Waals surface area contributed by atoms with Crippen molar-refractivity contribution in [1.29, 1.82) is 0 Å². The van der Waals surface area contributed by atoms with Crippen molar-refractivity contribution in [2.45, 2.75) is 25.8 Å². The van der Waals surface area contributed by atoms with Crippen LogP contribution in [-0.2, 0) is 11.3 Å². The molecule has 3 aromatic rings. The van der Waals surface area contributed by atoms with Gasteiger partial charge >= 0.3 is 0 Å². The van der Waals surface area contributed by atoms with Crippen molar-refractivity contribution in [2.24, 2.45) is 5.92 Å². The van der Waals surface area contributed by atoms with Gasteiger partial charge in [-0.2, -0.15) is 5.10 Å². The first-order chi connectivity index (χ1) is 13.8. The number of nitrogens with zero attached hydrogens (tertiary/aromatic N) is 7. The van der Waals surface area contributed by atoms with Crippen LogP contribution >= 0.6 is 0 Å². The Hall–Kier alpha value is -3.07. The second kappa shape index (κ2) is 8.75. The van der Waals surface area contributed by atoms with Crippen LogP contribution in [0, 0.1) is 5.92 Å². The maximum absolute atomic E-state index is 12.8. The lowest BCUT2D eigenvalue weighted by molar-refractivity contribution is -0.121. The molecule has 3 heterocycles. The van der Waals surface area contributed by atoms with Gasteiger partial charge in [-0.05, 0) is 67.0 Å². The summed E-state index contributed by atoms with van der Waals surface area (Å²) in [5.74, 6) is 0.0953. The van der Waals surface area contributed by atoms with Crippen LogP contribution < -0.4 is 5.32 Å². The van der Waals surface area contributed by atoms with Gasteiger partial charge in [-0.15, -0.1) is 5.10 Å². The maximum atomic E-state index is 12.8. The van der Waals surface area contributed by atoms with E-state index in [0.717, 1.165) is 56.8 Å². The van der Waals surface area contributed by atoms with E-state index >= 15 is 0 Å². The van der Waals surface area contributed by atoms with Gasteiger partial charge in [0.1, 0.15) is 6.33 Å². The summed E-state index contributed by atoms with van der Waals surface area (Å²) in [5, 5.41) is 18.5. The van der Waals surface area contributed by atoms with Crippen LogP contribution in [0.15, 0.2) is 49.1 Å². The van der Waals surface area contributed by atoms with Crippen molar-refractivity contribution in [2.75, 3.05) is 25.0 Å². The number of aryl methyl sites for hydroxylation is 1. The van der Waals surface area contributed by atoms with Crippen LogP contribution in [0.2, 0.25) is 0 Å². The first-order valence-corrected chi connectivity index (χ1v) is 9.62. The highest BCUT2D eigenvalue weighted by atomic mass is 16.1. The van der Waals surface area contributed by atoms with Gasteiger partial charge in [0.2, 0.25) is 5.91 Å². The van der Waals surface area contributed by atoms with Crippen molar-refractivity contribution >= 4 is 11.6 Å². The fourth-order valence-corrected chi connectivity index (χ4v) is 3.60. The molecule has 28 heavy (non-hydrogen) atoms. The molecule has 2 aromatic heterocycles. The highest BCUT2D eigenvalue weighted by Crippen LogP contribution is 2.20. The molecule has 0 spiro atoms. The number of rotatable bonds is 7. The van der Waals surface area contributed by atoms with Crippen molar-refractivity contribution in [3.8, 4) is 5.69 Å². The third kappa shape index (κ3) is 4.61. The molecule has 0 radical (unpaired) electrons. The Kier molecular flexibility index (Phi) is 5.72. The van der Waals surface area contributed by atoms with Crippen LogP contribution in [0.4, 0.5) is 5.69 Å². The Bertz CT molecular complexity index is 877. The predicted octanol–water partition coefficient (Wildman–Crippen LogP) is 1.60. The normalized spacial score (nSPS) is 17.5. The maximum Gasteiger partial charge on any atom is 0.228 e. The number of benzene rings is 1. The molecule has 1 aliphatic heterocycles. The summed E-state index contributed by atoms with van der Waals surface area (Å²) in [6.07, 6.45) is 8.18. The van der Waals surface area contributed by atoms with Gasteiger partial charge in [0.15, 0.2) is 0 Å². The molecule has 1 N–H and O–H groups in total. The molecule has 9 nitrogen and oxygen atoms in total. The fraction of sp³-hybridized carbons (Fsp3) is 0.421. The topological polar surface area (TPSA) is 93.8 Å². The lowest BCUT2D eigenvalue weighted by atomic mass is 9.97. The van der Waals surface area contributed by atoms with Crippen LogP contribution in [0.1, 0.15) is 19.3 Å². The molecule has 4 rings (SSSR count). The smallest absolute Gasteiger partial charge is 0.228 e. The van der Waals surface area contributed by atoms with E-state index < -0.39 is 0 Å². The Morgan fingerprint density at radius 1 is 1.25 bits per heavy atom. The molecule has 1 atom stereocenters. The standard InChI is InChI=1S/C19H24N8O/c28-19(22-17-6-1-7-18(13-17)27-12-3-8-21-27)16-5-2-9-25(14-16)10-4-11-26-15-20-23-24-26/h1,3,6-8,12-13,15-16H,2,4-5,9-11,14H2,(H,22,28). The van der Waals surface area contributed by atoms with E-state index in [2.05, 4.69) is 30.8 Å². The Morgan fingerprint density at radius 2 is 2.21 bits per heavy atom. The zero-order valence-electron chi connectivity index (χ0n) is 15.7. The highest BCUT2D eigenvalue weighted by Gasteiger charge is 2.25. The molecular weight excluding hydrogens is 356 g/mol. The second-order valence-electron chi connectivity index (χ2n) is 7.06. The number of carbonyl (C=O) groups is 1. The Morgan fingerprint density at radius 3 is 3.04 bits per heavy atom. The number of aromatic nitrogens is 6. The predicted molar refractivity (Wildman–Crippen MR) is 104 cm³/mol. The van der Waals surface area contributed by atoms with Crippen molar-refractivity contribution in [1.82, 2.24) is 34.9 Å². The SMILES string of the molecule is O=C(Nc1cccc(-n2cccn2)c1)C1CCCN(CCCn2cnnn2)C1. The third-order valence-corrected chi connectivity index (χ3v) is 5.01. The van der Waals surface area contributed by atoms with Crippen LogP contribution in [0.5, 0.6) is 0 Å². The summed E-state index contributed by atoms with van der Waals surface area (Å²) in [6.45, 7) is 3.56. The van der Waals surface area contributed by atoms with E-state index in [-0.39, 0.29) is 11.8 Å². The minimum Gasteiger partial charge on any atom is -0.326 e. The van der Waals surface area contributed by atoms with Gasteiger partial charge in [-0.25, -0.2) is 9.36 Å². The first kappa shape index (κ1) is 18.3. The third-order valence-electron chi connectivity index (χ3n) is 5.01.